The first-order valence-corrected chi connectivity index (χ1v) is 9.40. The van der Waals surface area contributed by atoms with Gasteiger partial charge in [-0.15, -0.1) is 0 Å². The molecule has 5 rings (SSSR count). The van der Waals surface area contributed by atoms with Gasteiger partial charge in [0.2, 0.25) is 5.43 Å². The zero-order valence-corrected chi connectivity index (χ0v) is 16.0. The van der Waals surface area contributed by atoms with Crippen LogP contribution in [0.5, 0.6) is 0 Å². The molecule has 0 bridgehead atoms. The van der Waals surface area contributed by atoms with Crippen LogP contribution >= 0.6 is 0 Å². The molecule has 30 heavy (non-hydrogen) atoms. The van der Waals surface area contributed by atoms with Crippen molar-refractivity contribution in [3.05, 3.63) is 88.3 Å². The van der Waals surface area contributed by atoms with E-state index in [0.717, 1.165) is 27.6 Å². The van der Waals surface area contributed by atoms with Crippen molar-refractivity contribution in [3.8, 4) is 28.6 Å². The second kappa shape index (κ2) is 6.90. The molecular weight excluding hydrogens is 374 g/mol. The summed E-state index contributed by atoms with van der Waals surface area (Å²) in [7, 11) is 0. The van der Waals surface area contributed by atoms with E-state index in [-0.39, 0.29) is 10.9 Å². The summed E-state index contributed by atoms with van der Waals surface area (Å²) in [5.41, 5.74) is 5.57. The fraction of sp³-hybridized carbons (Fsp3) is 0.0417. The molecule has 0 aliphatic rings. The van der Waals surface area contributed by atoms with Crippen molar-refractivity contribution < 1.29 is 0 Å². The smallest absolute Gasteiger partial charge is 0.209 e. The molecule has 0 spiro atoms. The SMILES string of the molecule is Cc1c(C#N)cccc1-c1nc2[nH]ccc(=O)c2nc1-c1ccc2ncccc2c1. The molecule has 6 nitrogen and oxygen atoms in total. The van der Waals surface area contributed by atoms with Crippen LogP contribution in [0, 0.1) is 18.3 Å². The Balaban J connectivity index is 1.88. The monoisotopic (exact) mass is 389 g/mol. The van der Waals surface area contributed by atoms with Crippen LogP contribution in [0.1, 0.15) is 11.1 Å². The van der Waals surface area contributed by atoms with Gasteiger partial charge in [0.05, 0.1) is 28.5 Å². The maximum absolute atomic E-state index is 12.4. The van der Waals surface area contributed by atoms with E-state index >= 15 is 0 Å². The fourth-order valence-corrected chi connectivity index (χ4v) is 3.61. The average Bonchev–Trinajstić information content (AvgIpc) is 2.78. The number of benzene rings is 2. The molecule has 1 N–H and O–H groups in total. The summed E-state index contributed by atoms with van der Waals surface area (Å²) in [5.74, 6) is 0. The van der Waals surface area contributed by atoms with Crippen LogP contribution in [0.15, 0.2) is 71.8 Å². The highest BCUT2D eigenvalue weighted by molar-refractivity contribution is 5.90. The lowest BCUT2D eigenvalue weighted by atomic mass is 9.96. The number of hydrogen-bond acceptors (Lipinski definition) is 5. The van der Waals surface area contributed by atoms with Gasteiger partial charge in [-0.05, 0) is 36.8 Å². The lowest BCUT2D eigenvalue weighted by molar-refractivity contribution is 1.21. The second-order valence-corrected chi connectivity index (χ2v) is 6.96. The van der Waals surface area contributed by atoms with E-state index in [9.17, 15) is 10.1 Å². The topological polar surface area (TPSA) is 95.3 Å². The summed E-state index contributed by atoms with van der Waals surface area (Å²) in [6.45, 7) is 1.89. The average molecular weight is 389 g/mol. The molecule has 0 radical (unpaired) electrons. The minimum Gasteiger partial charge on any atom is -0.345 e. The molecular formula is C24H15N5O. The normalized spacial score (nSPS) is 10.9. The Labute approximate surface area is 171 Å². The van der Waals surface area contributed by atoms with Gasteiger partial charge in [0, 0.05) is 35.0 Å². The van der Waals surface area contributed by atoms with Crippen molar-refractivity contribution in [2.24, 2.45) is 0 Å². The van der Waals surface area contributed by atoms with Gasteiger partial charge in [0.1, 0.15) is 0 Å². The summed E-state index contributed by atoms with van der Waals surface area (Å²) in [5, 5.41) is 10.4. The number of aromatic amines is 1. The minimum absolute atomic E-state index is 0.200. The van der Waals surface area contributed by atoms with E-state index in [4.69, 9.17) is 9.97 Å². The van der Waals surface area contributed by atoms with E-state index in [1.165, 1.54) is 6.07 Å². The van der Waals surface area contributed by atoms with Crippen molar-refractivity contribution in [1.29, 1.82) is 5.26 Å². The third kappa shape index (κ3) is 2.81. The van der Waals surface area contributed by atoms with Crippen LogP contribution in [0.25, 0.3) is 44.6 Å². The number of fused-ring (bicyclic) bond motifs is 2. The van der Waals surface area contributed by atoms with Gasteiger partial charge in [0.25, 0.3) is 0 Å². The van der Waals surface area contributed by atoms with Gasteiger partial charge >= 0.3 is 0 Å². The highest BCUT2D eigenvalue weighted by Gasteiger charge is 2.18. The van der Waals surface area contributed by atoms with Crippen LogP contribution < -0.4 is 5.43 Å². The summed E-state index contributed by atoms with van der Waals surface area (Å²) < 4.78 is 0. The number of pyridine rings is 2. The maximum atomic E-state index is 12.4. The zero-order valence-electron chi connectivity index (χ0n) is 16.0. The van der Waals surface area contributed by atoms with Crippen LogP contribution in [0.2, 0.25) is 0 Å². The first-order valence-electron chi connectivity index (χ1n) is 9.40. The molecule has 0 aliphatic carbocycles. The molecule has 3 heterocycles. The van der Waals surface area contributed by atoms with Gasteiger partial charge < -0.3 is 4.98 Å². The van der Waals surface area contributed by atoms with E-state index in [1.54, 1.807) is 18.5 Å². The third-order valence-electron chi connectivity index (χ3n) is 5.17. The first-order chi connectivity index (χ1) is 14.7. The highest BCUT2D eigenvalue weighted by Crippen LogP contribution is 2.34. The lowest BCUT2D eigenvalue weighted by Gasteiger charge is -2.13. The van der Waals surface area contributed by atoms with Crippen molar-refractivity contribution in [3.63, 3.8) is 0 Å². The number of nitriles is 1. The standard InChI is InChI=1S/C24H15N5O/c1-14-17(13-25)4-2-6-18(14)22-21(28-23-20(30)9-11-27-24(23)29-22)16-7-8-19-15(12-16)5-3-10-26-19/h2-12H,1H3,(H,27,29,30). The molecule has 0 unspecified atom stereocenters. The van der Waals surface area contributed by atoms with Gasteiger partial charge in [-0.1, -0.05) is 24.3 Å². The Bertz CT molecular complexity index is 1550. The van der Waals surface area contributed by atoms with Crippen molar-refractivity contribution in [1.82, 2.24) is 19.9 Å². The summed E-state index contributed by atoms with van der Waals surface area (Å²) in [4.78, 5) is 29.3. The number of aromatic nitrogens is 4. The number of H-pyrrole nitrogens is 1. The molecule has 2 aromatic carbocycles. The molecule has 142 valence electrons. The number of nitrogens with zero attached hydrogens (tertiary/aromatic N) is 4. The molecule has 0 atom stereocenters. The van der Waals surface area contributed by atoms with Gasteiger partial charge in [0.15, 0.2) is 11.2 Å². The Morgan fingerprint density at radius 3 is 2.77 bits per heavy atom. The fourth-order valence-electron chi connectivity index (χ4n) is 3.61. The Morgan fingerprint density at radius 2 is 1.90 bits per heavy atom. The van der Waals surface area contributed by atoms with Gasteiger partial charge in [-0.25, -0.2) is 9.97 Å². The molecule has 6 heteroatoms. The number of nitrogens with one attached hydrogen (secondary N) is 1. The van der Waals surface area contributed by atoms with E-state index in [1.807, 2.05) is 49.4 Å². The van der Waals surface area contributed by atoms with E-state index in [2.05, 4.69) is 16.0 Å². The molecule has 0 fully saturated rings. The van der Waals surface area contributed by atoms with E-state index < -0.39 is 0 Å². The van der Waals surface area contributed by atoms with Crippen molar-refractivity contribution in [2.75, 3.05) is 0 Å². The molecule has 5 aromatic rings. The predicted molar refractivity (Wildman–Crippen MR) is 116 cm³/mol. The summed E-state index contributed by atoms with van der Waals surface area (Å²) >= 11 is 0. The lowest BCUT2D eigenvalue weighted by Crippen LogP contribution is -2.07. The van der Waals surface area contributed by atoms with Crippen LogP contribution in [0.3, 0.4) is 0 Å². The predicted octanol–water partition coefficient (Wildman–Crippen LogP) is 4.38. The molecule has 0 saturated carbocycles. The third-order valence-corrected chi connectivity index (χ3v) is 5.17. The van der Waals surface area contributed by atoms with Gasteiger partial charge in [-0.2, -0.15) is 5.26 Å². The van der Waals surface area contributed by atoms with Crippen LogP contribution in [-0.4, -0.2) is 19.9 Å². The molecule has 0 amide bonds. The van der Waals surface area contributed by atoms with E-state index in [0.29, 0.717) is 22.6 Å². The number of rotatable bonds is 2. The van der Waals surface area contributed by atoms with Crippen LogP contribution in [-0.2, 0) is 0 Å². The largest absolute Gasteiger partial charge is 0.345 e. The highest BCUT2D eigenvalue weighted by atomic mass is 16.1. The number of hydrogen-bond donors (Lipinski definition) is 1. The zero-order chi connectivity index (χ0) is 20.7. The Hall–Kier alpha value is -4.37. The summed E-state index contributed by atoms with van der Waals surface area (Å²) in [6.07, 6.45) is 3.31. The van der Waals surface area contributed by atoms with Crippen molar-refractivity contribution >= 4 is 22.1 Å². The summed E-state index contributed by atoms with van der Waals surface area (Å²) in [6, 6.07) is 18.9. The Morgan fingerprint density at radius 1 is 1.00 bits per heavy atom. The van der Waals surface area contributed by atoms with Crippen LogP contribution in [0.4, 0.5) is 0 Å². The first kappa shape index (κ1) is 17.7. The maximum Gasteiger partial charge on any atom is 0.209 e. The molecule has 0 saturated heterocycles. The molecule has 3 aromatic heterocycles. The Kier molecular flexibility index (Phi) is 4.08. The quantitative estimate of drug-likeness (QED) is 0.483. The minimum atomic E-state index is -0.200. The van der Waals surface area contributed by atoms with Gasteiger partial charge in [-0.3, -0.25) is 9.78 Å². The van der Waals surface area contributed by atoms with Crippen molar-refractivity contribution in [2.45, 2.75) is 6.92 Å². The second-order valence-electron chi connectivity index (χ2n) is 6.96. The molecule has 0 aliphatic heterocycles.